The van der Waals surface area contributed by atoms with Crippen LogP contribution in [-0.2, 0) is 27.3 Å². The second-order valence-corrected chi connectivity index (χ2v) is 8.51. The number of nitrogens with one attached hydrogen (secondary N) is 1. The van der Waals surface area contributed by atoms with Gasteiger partial charge in [0.1, 0.15) is 11.7 Å². The number of ether oxygens (including phenoxy) is 1. The molecule has 1 atom stereocenters. The third kappa shape index (κ3) is 5.21. The largest absolute Gasteiger partial charge is 0.469 e. The van der Waals surface area contributed by atoms with Crippen LogP contribution in [0.2, 0.25) is 0 Å². The van der Waals surface area contributed by atoms with E-state index >= 15 is 0 Å². The Bertz CT molecular complexity index is 1250. The first-order valence-corrected chi connectivity index (χ1v) is 10.9. The number of nitrogens with zero attached hydrogens (tertiary/aromatic N) is 2. The Morgan fingerprint density at radius 2 is 1.82 bits per heavy atom. The lowest BCUT2D eigenvalue weighted by molar-refractivity contribution is -0.139. The lowest BCUT2D eigenvalue weighted by Crippen LogP contribution is -2.22. The van der Waals surface area contributed by atoms with E-state index in [-0.39, 0.29) is 18.3 Å². The van der Waals surface area contributed by atoms with Crippen LogP contribution in [-0.4, -0.2) is 43.7 Å². The predicted molar refractivity (Wildman–Crippen MR) is 130 cm³/mol. The van der Waals surface area contributed by atoms with Crippen LogP contribution in [0.3, 0.4) is 0 Å². The average molecular weight is 460 g/mol. The van der Waals surface area contributed by atoms with Gasteiger partial charge in [-0.05, 0) is 66.7 Å². The Labute approximate surface area is 198 Å². The number of fused-ring (bicyclic) bond motifs is 1. The molecule has 1 aliphatic heterocycles. The summed E-state index contributed by atoms with van der Waals surface area (Å²) in [5.74, 6) is -1.77. The lowest BCUT2D eigenvalue weighted by Gasteiger charge is -2.15. The standard InChI is InChI=1S/C27H26FN3O3/c1-31(2)16-17-7-10-21(11-8-17)29-26(19-6-4-5-18(13-19)14-24(32)34-3)25-22-12-9-20(28)15-23(22)30-27(25)33/h4-13,15,25H,14,16H2,1-3H3,(H,30,33). The van der Waals surface area contributed by atoms with E-state index in [1.54, 1.807) is 6.07 Å². The fourth-order valence-electron chi connectivity index (χ4n) is 4.06. The molecule has 0 aliphatic carbocycles. The average Bonchev–Trinajstić information content (AvgIpc) is 3.12. The minimum atomic E-state index is -0.717. The predicted octanol–water partition coefficient (Wildman–Crippen LogP) is 4.46. The fourth-order valence-corrected chi connectivity index (χ4v) is 4.06. The number of halogens is 1. The van der Waals surface area contributed by atoms with Crippen LogP contribution >= 0.6 is 0 Å². The summed E-state index contributed by atoms with van der Waals surface area (Å²) in [6, 6.07) is 19.4. The molecule has 4 rings (SSSR count). The van der Waals surface area contributed by atoms with Gasteiger partial charge in [0.05, 0.1) is 24.9 Å². The molecule has 0 saturated carbocycles. The van der Waals surface area contributed by atoms with Crippen LogP contribution in [0.4, 0.5) is 15.8 Å². The first-order valence-electron chi connectivity index (χ1n) is 10.9. The van der Waals surface area contributed by atoms with E-state index in [2.05, 4.69) is 10.2 Å². The highest BCUT2D eigenvalue weighted by atomic mass is 19.1. The number of carbonyl (C=O) groups excluding carboxylic acids is 2. The van der Waals surface area contributed by atoms with Gasteiger partial charge < -0.3 is 15.0 Å². The van der Waals surface area contributed by atoms with Crippen LogP contribution in [0.25, 0.3) is 0 Å². The van der Waals surface area contributed by atoms with Crippen molar-refractivity contribution < 1.29 is 18.7 Å². The highest BCUT2D eigenvalue weighted by molar-refractivity contribution is 6.24. The molecule has 1 unspecified atom stereocenters. The van der Waals surface area contributed by atoms with E-state index in [0.29, 0.717) is 28.2 Å². The first-order chi connectivity index (χ1) is 16.3. The van der Waals surface area contributed by atoms with Gasteiger partial charge in [0.2, 0.25) is 5.91 Å². The zero-order valence-corrected chi connectivity index (χ0v) is 19.3. The van der Waals surface area contributed by atoms with Gasteiger partial charge in [-0.3, -0.25) is 14.6 Å². The fraction of sp³-hybridized carbons (Fsp3) is 0.222. The summed E-state index contributed by atoms with van der Waals surface area (Å²) >= 11 is 0. The van der Waals surface area contributed by atoms with Crippen molar-refractivity contribution in [2.75, 3.05) is 26.5 Å². The van der Waals surface area contributed by atoms with Crippen molar-refractivity contribution in [1.82, 2.24) is 4.90 Å². The molecule has 0 spiro atoms. The molecule has 0 bridgehead atoms. The third-order valence-electron chi connectivity index (χ3n) is 5.60. The number of esters is 1. The molecule has 1 N–H and O–H groups in total. The van der Waals surface area contributed by atoms with Gasteiger partial charge in [-0.1, -0.05) is 36.4 Å². The number of methoxy groups -OCH3 is 1. The zero-order chi connectivity index (χ0) is 24.2. The number of aliphatic imine (C=N–C) groups is 1. The molecular formula is C27H26FN3O3. The maximum atomic E-state index is 13.8. The number of hydrogen-bond donors (Lipinski definition) is 1. The molecule has 3 aromatic carbocycles. The van der Waals surface area contributed by atoms with Gasteiger partial charge in [-0.2, -0.15) is 0 Å². The summed E-state index contributed by atoms with van der Waals surface area (Å²) in [7, 11) is 5.35. The van der Waals surface area contributed by atoms with Crippen molar-refractivity contribution in [2.45, 2.75) is 18.9 Å². The minimum absolute atomic E-state index is 0.107. The smallest absolute Gasteiger partial charge is 0.309 e. The minimum Gasteiger partial charge on any atom is -0.469 e. The normalized spacial score (nSPS) is 15.3. The van der Waals surface area contributed by atoms with Crippen molar-refractivity contribution in [3.05, 3.63) is 94.8 Å². The molecule has 0 radical (unpaired) electrons. The number of carbonyl (C=O) groups is 2. The van der Waals surface area contributed by atoms with Crippen molar-refractivity contribution in [3.8, 4) is 0 Å². The number of anilines is 1. The van der Waals surface area contributed by atoms with Gasteiger partial charge in [-0.15, -0.1) is 0 Å². The Balaban J connectivity index is 1.80. The molecule has 1 aliphatic rings. The van der Waals surface area contributed by atoms with Crippen LogP contribution in [0.15, 0.2) is 71.7 Å². The lowest BCUT2D eigenvalue weighted by atomic mass is 9.89. The van der Waals surface area contributed by atoms with Crippen molar-refractivity contribution >= 4 is 29.0 Å². The third-order valence-corrected chi connectivity index (χ3v) is 5.60. The number of rotatable bonds is 7. The molecule has 1 amide bonds. The molecule has 0 fully saturated rings. The zero-order valence-electron chi connectivity index (χ0n) is 19.3. The molecule has 174 valence electrons. The van der Waals surface area contributed by atoms with E-state index in [1.807, 2.05) is 62.6 Å². The van der Waals surface area contributed by atoms with Crippen LogP contribution < -0.4 is 5.32 Å². The summed E-state index contributed by atoms with van der Waals surface area (Å²) in [6.07, 6.45) is 0.107. The van der Waals surface area contributed by atoms with E-state index in [0.717, 1.165) is 17.7 Å². The molecule has 0 aromatic heterocycles. The molecule has 6 nitrogen and oxygen atoms in total. The molecule has 0 saturated heterocycles. The maximum Gasteiger partial charge on any atom is 0.309 e. The quantitative estimate of drug-likeness (QED) is 0.418. The van der Waals surface area contributed by atoms with Crippen LogP contribution in [0.5, 0.6) is 0 Å². The van der Waals surface area contributed by atoms with Crippen molar-refractivity contribution in [2.24, 2.45) is 4.99 Å². The molecular weight excluding hydrogens is 433 g/mol. The van der Waals surface area contributed by atoms with Gasteiger partial charge in [0, 0.05) is 12.2 Å². The highest BCUT2D eigenvalue weighted by Gasteiger charge is 2.35. The number of amides is 1. The van der Waals surface area contributed by atoms with Crippen molar-refractivity contribution in [1.29, 1.82) is 0 Å². The Morgan fingerprint density at radius 1 is 1.06 bits per heavy atom. The Hall–Kier alpha value is -3.84. The van der Waals surface area contributed by atoms with E-state index in [9.17, 15) is 14.0 Å². The van der Waals surface area contributed by atoms with Crippen molar-refractivity contribution in [3.63, 3.8) is 0 Å². The van der Waals surface area contributed by atoms with Gasteiger partial charge in [0.15, 0.2) is 0 Å². The summed E-state index contributed by atoms with van der Waals surface area (Å²) in [4.78, 5) is 31.8. The summed E-state index contributed by atoms with van der Waals surface area (Å²) < 4.78 is 18.6. The molecule has 7 heteroatoms. The monoisotopic (exact) mass is 459 g/mol. The van der Waals surface area contributed by atoms with Crippen LogP contribution in [0.1, 0.15) is 28.2 Å². The van der Waals surface area contributed by atoms with E-state index in [4.69, 9.17) is 9.73 Å². The van der Waals surface area contributed by atoms with Gasteiger partial charge >= 0.3 is 5.97 Å². The summed E-state index contributed by atoms with van der Waals surface area (Å²) in [5, 5.41) is 2.77. The second kappa shape index (κ2) is 9.97. The van der Waals surface area contributed by atoms with Crippen LogP contribution in [0, 0.1) is 5.82 Å². The second-order valence-electron chi connectivity index (χ2n) is 8.51. The molecule has 1 heterocycles. The molecule has 34 heavy (non-hydrogen) atoms. The molecule has 3 aromatic rings. The summed E-state index contributed by atoms with van der Waals surface area (Å²) in [6.45, 7) is 0.802. The Morgan fingerprint density at radius 3 is 2.53 bits per heavy atom. The highest BCUT2D eigenvalue weighted by Crippen LogP contribution is 2.37. The number of benzene rings is 3. The van der Waals surface area contributed by atoms with Gasteiger partial charge in [-0.25, -0.2) is 4.39 Å². The maximum absolute atomic E-state index is 13.8. The van der Waals surface area contributed by atoms with Gasteiger partial charge in [0.25, 0.3) is 0 Å². The summed E-state index contributed by atoms with van der Waals surface area (Å²) in [5.41, 5.74) is 4.91. The SMILES string of the molecule is COC(=O)Cc1cccc(C(=Nc2ccc(CN(C)C)cc2)C2C(=O)Nc3cc(F)ccc32)c1. The Kier molecular flexibility index (Phi) is 6.84. The topological polar surface area (TPSA) is 71.0 Å². The number of hydrogen-bond acceptors (Lipinski definition) is 5. The first kappa shape index (κ1) is 23.3. The van der Waals surface area contributed by atoms with E-state index in [1.165, 1.54) is 19.2 Å². The van der Waals surface area contributed by atoms with E-state index < -0.39 is 11.7 Å².